The van der Waals surface area contributed by atoms with Crippen LogP contribution in [-0.2, 0) is 4.79 Å². The monoisotopic (exact) mass is 360 g/mol. The number of hydrogen-bond donors (Lipinski definition) is 2. The number of anilines is 1. The Morgan fingerprint density at radius 3 is 2.52 bits per heavy atom. The minimum absolute atomic E-state index is 0.134. The molecule has 0 fully saturated rings. The summed E-state index contributed by atoms with van der Waals surface area (Å²) in [6.45, 7) is -0.328. The molecule has 3 rings (SSSR count). The predicted octanol–water partition coefficient (Wildman–Crippen LogP) is 1.58. The van der Waals surface area contributed by atoms with E-state index in [0.717, 1.165) is 0 Å². The molecule has 0 radical (unpaired) electrons. The van der Waals surface area contributed by atoms with Gasteiger partial charge < -0.3 is 10.6 Å². The number of pyridine rings is 2. The number of Topliss-reactive ketones (excluding diaryl/α,β-unsaturated/α-hetero) is 1. The van der Waals surface area contributed by atoms with E-state index in [9.17, 15) is 19.6 Å². The summed E-state index contributed by atoms with van der Waals surface area (Å²) in [4.78, 5) is 36.4. The maximum Gasteiger partial charge on any atom is 0.278 e. The number of nitrogens with one attached hydrogen (secondary N) is 2. The molecule has 1 aromatic carbocycles. The molecule has 0 saturated heterocycles. The van der Waals surface area contributed by atoms with Crippen LogP contribution in [0.2, 0.25) is 0 Å². The van der Waals surface area contributed by atoms with Crippen molar-refractivity contribution in [2.45, 2.75) is 0 Å². The van der Waals surface area contributed by atoms with Crippen LogP contribution in [0.25, 0.3) is 5.52 Å². The number of rotatable bonds is 6. The van der Waals surface area contributed by atoms with Crippen molar-refractivity contribution in [1.29, 1.82) is 5.26 Å². The largest absolute Gasteiger partial charge is 0.372 e. The molecule has 1 amide bonds. The minimum atomic E-state index is -0.435. The summed E-state index contributed by atoms with van der Waals surface area (Å²) in [5, 5.41) is 14.5. The molecule has 134 valence electrons. The number of amides is 1. The molecule has 0 aliphatic carbocycles. The second-order valence-corrected chi connectivity index (χ2v) is 5.76. The van der Waals surface area contributed by atoms with Gasteiger partial charge in [-0.1, -0.05) is 36.4 Å². The molecule has 0 bridgehead atoms. The van der Waals surface area contributed by atoms with Gasteiger partial charge in [0.1, 0.15) is 11.8 Å². The number of aromatic nitrogens is 1. The second-order valence-electron chi connectivity index (χ2n) is 5.76. The van der Waals surface area contributed by atoms with E-state index in [4.69, 9.17) is 0 Å². The van der Waals surface area contributed by atoms with Gasteiger partial charge in [0.25, 0.3) is 5.56 Å². The van der Waals surface area contributed by atoms with Gasteiger partial charge in [-0.2, -0.15) is 5.26 Å². The summed E-state index contributed by atoms with van der Waals surface area (Å²) in [6.07, 6.45) is 1.56. The van der Waals surface area contributed by atoms with E-state index >= 15 is 0 Å². The van der Waals surface area contributed by atoms with Gasteiger partial charge in [-0.05, 0) is 18.2 Å². The lowest BCUT2D eigenvalue weighted by molar-refractivity contribution is -0.119. The molecular weight excluding hydrogens is 344 g/mol. The topological polar surface area (TPSA) is 103 Å². The molecule has 0 aliphatic rings. The van der Waals surface area contributed by atoms with Crippen molar-refractivity contribution in [3.05, 3.63) is 82.3 Å². The van der Waals surface area contributed by atoms with Gasteiger partial charge in [-0.3, -0.25) is 18.8 Å². The van der Waals surface area contributed by atoms with Gasteiger partial charge >= 0.3 is 0 Å². The molecule has 2 N–H and O–H groups in total. The number of benzene rings is 1. The van der Waals surface area contributed by atoms with Gasteiger partial charge in [-0.15, -0.1) is 0 Å². The van der Waals surface area contributed by atoms with Crippen molar-refractivity contribution in [3.63, 3.8) is 0 Å². The van der Waals surface area contributed by atoms with Crippen molar-refractivity contribution in [2.75, 3.05) is 18.4 Å². The van der Waals surface area contributed by atoms with Crippen LogP contribution in [0.5, 0.6) is 0 Å². The summed E-state index contributed by atoms with van der Waals surface area (Å²) in [5.41, 5.74) is 1.10. The molecule has 0 aliphatic heterocycles. The fourth-order valence-electron chi connectivity index (χ4n) is 2.61. The van der Waals surface area contributed by atoms with Crippen LogP contribution in [0.3, 0.4) is 0 Å². The van der Waals surface area contributed by atoms with Crippen LogP contribution >= 0.6 is 0 Å². The molecule has 0 saturated carbocycles. The van der Waals surface area contributed by atoms with Crippen LogP contribution in [0.1, 0.15) is 15.9 Å². The molecule has 2 heterocycles. The number of fused-ring (bicyclic) bond motifs is 1. The van der Waals surface area contributed by atoms with E-state index < -0.39 is 5.91 Å². The first kappa shape index (κ1) is 17.9. The van der Waals surface area contributed by atoms with Crippen LogP contribution in [0.15, 0.2) is 65.6 Å². The first-order valence-electron chi connectivity index (χ1n) is 8.23. The fourth-order valence-corrected chi connectivity index (χ4v) is 2.61. The third-order valence-corrected chi connectivity index (χ3v) is 3.98. The molecular formula is C20H16N4O3. The number of nitriles is 1. The van der Waals surface area contributed by atoms with E-state index in [2.05, 4.69) is 10.6 Å². The van der Waals surface area contributed by atoms with Crippen molar-refractivity contribution < 1.29 is 9.59 Å². The summed E-state index contributed by atoms with van der Waals surface area (Å²) in [7, 11) is 0. The van der Waals surface area contributed by atoms with Gasteiger partial charge in [-0.25, -0.2) is 0 Å². The number of carbonyl (C=O) groups is 2. The first-order valence-corrected chi connectivity index (χ1v) is 8.23. The van der Waals surface area contributed by atoms with Crippen LogP contribution in [0, 0.1) is 11.3 Å². The van der Waals surface area contributed by atoms with E-state index in [-0.39, 0.29) is 30.1 Å². The summed E-state index contributed by atoms with van der Waals surface area (Å²) in [6, 6.07) is 17.2. The highest BCUT2D eigenvalue weighted by atomic mass is 16.2. The first-order chi connectivity index (χ1) is 13.1. The van der Waals surface area contributed by atoms with E-state index in [1.54, 1.807) is 54.7 Å². The molecule has 27 heavy (non-hydrogen) atoms. The second kappa shape index (κ2) is 7.97. The lowest BCUT2D eigenvalue weighted by atomic mass is 10.1. The Morgan fingerprint density at radius 2 is 1.78 bits per heavy atom. The summed E-state index contributed by atoms with van der Waals surface area (Å²) >= 11 is 0. The van der Waals surface area contributed by atoms with Crippen molar-refractivity contribution in [3.8, 4) is 6.07 Å². The number of nitrogens with zero attached hydrogens (tertiary/aromatic N) is 2. The van der Waals surface area contributed by atoms with Crippen molar-refractivity contribution in [2.24, 2.45) is 0 Å². The number of hydrogen-bond acceptors (Lipinski definition) is 5. The highest BCUT2D eigenvalue weighted by Crippen LogP contribution is 2.12. The quantitative estimate of drug-likeness (QED) is 0.650. The van der Waals surface area contributed by atoms with Crippen molar-refractivity contribution in [1.82, 2.24) is 9.72 Å². The third kappa shape index (κ3) is 4.02. The molecule has 2 aromatic heterocycles. The van der Waals surface area contributed by atoms with Crippen molar-refractivity contribution >= 4 is 22.9 Å². The Kier molecular flexibility index (Phi) is 5.28. The van der Waals surface area contributed by atoms with Crippen LogP contribution in [0.4, 0.5) is 5.69 Å². The van der Waals surface area contributed by atoms with Gasteiger partial charge in [0.05, 0.1) is 24.2 Å². The molecule has 7 nitrogen and oxygen atoms in total. The maximum atomic E-state index is 12.5. The zero-order valence-electron chi connectivity index (χ0n) is 14.3. The Balaban J connectivity index is 1.66. The molecule has 0 spiro atoms. The summed E-state index contributed by atoms with van der Waals surface area (Å²) < 4.78 is 1.34. The predicted molar refractivity (Wildman–Crippen MR) is 101 cm³/mol. The van der Waals surface area contributed by atoms with Gasteiger partial charge in [0.2, 0.25) is 5.91 Å². The minimum Gasteiger partial charge on any atom is -0.372 e. The smallest absolute Gasteiger partial charge is 0.278 e. The zero-order chi connectivity index (χ0) is 19.2. The van der Waals surface area contributed by atoms with E-state index in [0.29, 0.717) is 16.6 Å². The fraction of sp³-hybridized carbons (Fsp3) is 0.100. The van der Waals surface area contributed by atoms with E-state index in [1.165, 1.54) is 10.5 Å². The normalized spacial score (nSPS) is 10.2. The maximum absolute atomic E-state index is 12.5. The Hall–Kier alpha value is -3.92. The molecule has 3 aromatic rings. The van der Waals surface area contributed by atoms with Gasteiger partial charge in [0, 0.05) is 11.8 Å². The molecule has 0 atom stereocenters. The van der Waals surface area contributed by atoms with Gasteiger partial charge in [0.15, 0.2) is 5.78 Å². The summed E-state index contributed by atoms with van der Waals surface area (Å²) in [5.74, 6) is -0.642. The number of ketones is 1. The Labute approximate surface area is 154 Å². The SMILES string of the molecule is N#Cc1cc(NCC(=O)NCC(=O)c2ccccc2)c(=O)n2ccccc12. The lowest BCUT2D eigenvalue weighted by Gasteiger charge is -2.09. The average molecular weight is 360 g/mol. The standard InChI is InChI=1S/C20H16N4O3/c21-11-15-10-16(20(27)24-9-5-4-8-17(15)24)22-13-19(26)23-12-18(25)14-6-2-1-3-7-14/h1-10,22H,12-13H2,(H,23,26). The average Bonchev–Trinajstić information content (AvgIpc) is 2.72. The number of carbonyl (C=O) groups excluding carboxylic acids is 2. The highest BCUT2D eigenvalue weighted by Gasteiger charge is 2.11. The Bertz CT molecular complexity index is 1100. The van der Waals surface area contributed by atoms with E-state index in [1.807, 2.05) is 6.07 Å². The zero-order valence-corrected chi connectivity index (χ0v) is 14.3. The third-order valence-electron chi connectivity index (χ3n) is 3.98. The Morgan fingerprint density at radius 1 is 1.04 bits per heavy atom. The molecule has 7 heteroatoms. The highest BCUT2D eigenvalue weighted by molar-refractivity contribution is 5.99. The molecule has 0 unspecified atom stereocenters. The van der Waals surface area contributed by atoms with Crippen LogP contribution < -0.4 is 16.2 Å². The van der Waals surface area contributed by atoms with Crippen LogP contribution in [-0.4, -0.2) is 29.2 Å². The lowest BCUT2D eigenvalue weighted by Crippen LogP contribution is -2.35.